The molecule has 112 valence electrons. The first-order chi connectivity index (χ1) is 10.2. The van der Waals surface area contributed by atoms with Gasteiger partial charge in [0.1, 0.15) is 11.9 Å². The molecule has 2 aromatic rings. The van der Waals surface area contributed by atoms with E-state index in [1.54, 1.807) is 0 Å². The predicted octanol–water partition coefficient (Wildman–Crippen LogP) is 4.39. The topological polar surface area (TPSA) is 21.3 Å². The van der Waals surface area contributed by atoms with E-state index in [0.29, 0.717) is 12.1 Å². The first kappa shape index (κ1) is 14.4. The molecule has 2 atom stereocenters. The van der Waals surface area contributed by atoms with Crippen LogP contribution < -0.4 is 10.1 Å². The first-order valence-electron chi connectivity index (χ1n) is 8.06. The molecular formula is C19H25NO. The molecule has 0 bridgehead atoms. The fourth-order valence-electron chi connectivity index (χ4n) is 3.92. The number of fused-ring (bicyclic) bond motifs is 1. The monoisotopic (exact) mass is 283 g/mol. The van der Waals surface area contributed by atoms with E-state index in [1.165, 1.54) is 10.8 Å². The Bertz CT molecular complexity index is 618. The highest BCUT2D eigenvalue weighted by Crippen LogP contribution is 2.48. The standard InChI is InChI=1S/C19H25NO/c1-4-19(5-2)17(20-3)13-18(19)21-16-11-10-14-8-6-7-9-15(14)12-16/h6-12,17-18,20H,4-5,13H2,1-3H3. The number of nitrogens with one attached hydrogen (secondary N) is 1. The molecule has 1 fully saturated rings. The molecule has 2 unspecified atom stereocenters. The van der Waals surface area contributed by atoms with Crippen molar-refractivity contribution in [3.05, 3.63) is 42.5 Å². The molecule has 2 nitrogen and oxygen atoms in total. The average Bonchev–Trinajstić information content (AvgIpc) is 2.52. The van der Waals surface area contributed by atoms with Crippen molar-refractivity contribution in [3.8, 4) is 5.75 Å². The fourth-order valence-corrected chi connectivity index (χ4v) is 3.92. The Kier molecular flexibility index (Phi) is 3.90. The SMILES string of the molecule is CCC1(CC)C(NC)CC1Oc1ccc2ccccc2c1. The van der Waals surface area contributed by atoms with Crippen LogP contribution in [0.5, 0.6) is 5.75 Å². The maximum Gasteiger partial charge on any atom is 0.120 e. The Labute approximate surface area is 127 Å². The van der Waals surface area contributed by atoms with Gasteiger partial charge in [-0.15, -0.1) is 0 Å². The molecular weight excluding hydrogens is 258 g/mol. The lowest BCUT2D eigenvalue weighted by Gasteiger charge is -2.55. The first-order valence-corrected chi connectivity index (χ1v) is 8.06. The van der Waals surface area contributed by atoms with Gasteiger partial charge in [-0.25, -0.2) is 0 Å². The van der Waals surface area contributed by atoms with Crippen molar-refractivity contribution >= 4 is 10.8 Å². The average molecular weight is 283 g/mol. The molecule has 2 heteroatoms. The molecule has 0 amide bonds. The van der Waals surface area contributed by atoms with Crippen LogP contribution in [-0.2, 0) is 0 Å². The van der Waals surface area contributed by atoms with Gasteiger partial charge in [0.25, 0.3) is 0 Å². The summed E-state index contributed by atoms with van der Waals surface area (Å²) < 4.78 is 6.35. The third kappa shape index (κ3) is 2.32. The van der Waals surface area contributed by atoms with E-state index in [2.05, 4.69) is 68.7 Å². The molecule has 3 rings (SSSR count). The molecule has 0 aliphatic heterocycles. The molecule has 0 spiro atoms. The number of rotatable bonds is 5. The Morgan fingerprint density at radius 2 is 1.81 bits per heavy atom. The van der Waals surface area contributed by atoms with Crippen LogP contribution in [0, 0.1) is 5.41 Å². The van der Waals surface area contributed by atoms with Crippen molar-refractivity contribution in [1.82, 2.24) is 5.32 Å². The number of hydrogen-bond acceptors (Lipinski definition) is 2. The van der Waals surface area contributed by atoms with Crippen LogP contribution in [0.4, 0.5) is 0 Å². The maximum atomic E-state index is 6.35. The van der Waals surface area contributed by atoms with E-state index in [9.17, 15) is 0 Å². The van der Waals surface area contributed by atoms with Gasteiger partial charge in [0.05, 0.1) is 0 Å². The van der Waals surface area contributed by atoms with Gasteiger partial charge in [-0.3, -0.25) is 0 Å². The highest BCUT2D eigenvalue weighted by atomic mass is 16.5. The van der Waals surface area contributed by atoms with E-state index < -0.39 is 0 Å². The van der Waals surface area contributed by atoms with Crippen LogP contribution in [0.2, 0.25) is 0 Å². The number of ether oxygens (including phenoxy) is 1. The lowest BCUT2D eigenvalue weighted by atomic mass is 9.58. The summed E-state index contributed by atoms with van der Waals surface area (Å²) in [6.07, 6.45) is 3.75. The van der Waals surface area contributed by atoms with Crippen molar-refractivity contribution < 1.29 is 4.74 Å². The minimum Gasteiger partial charge on any atom is -0.490 e. The summed E-state index contributed by atoms with van der Waals surface area (Å²) in [6.45, 7) is 4.56. The Hall–Kier alpha value is -1.54. The second kappa shape index (κ2) is 5.69. The second-order valence-electron chi connectivity index (χ2n) is 6.13. The molecule has 0 heterocycles. The Morgan fingerprint density at radius 1 is 1.10 bits per heavy atom. The molecule has 2 aromatic carbocycles. The molecule has 0 saturated heterocycles. The van der Waals surface area contributed by atoms with Gasteiger partial charge in [-0.1, -0.05) is 44.2 Å². The minimum atomic E-state index is 0.278. The summed E-state index contributed by atoms with van der Waals surface area (Å²) in [7, 11) is 2.07. The van der Waals surface area contributed by atoms with Crippen molar-refractivity contribution in [3.63, 3.8) is 0 Å². The second-order valence-corrected chi connectivity index (χ2v) is 6.13. The predicted molar refractivity (Wildman–Crippen MR) is 88.8 cm³/mol. The zero-order valence-corrected chi connectivity index (χ0v) is 13.2. The lowest BCUT2D eigenvalue weighted by Crippen LogP contribution is -2.63. The van der Waals surface area contributed by atoms with Crippen molar-refractivity contribution in [2.75, 3.05) is 7.05 Å². The summed E-state index contributed by atoms with van der Waals surface area (Å²) in [5.41, 5.74) is 0.278. The third-order valence-corrected chi connectivity index (χ3v) is 5.45. The summed E-state index contributed by atoms with van der Waals surface area (Å²) in [6, 6.07) is 15.4. The van der Waals surface area contributed by atoms with Gasteiger partial charge >= 0.3 is 0 Å². The van der Waals surface area contributed by atoms with Crippen LogP contribution in [0.15, 0.2) is 42.5 Å². The highest BCUT2D eigenvalue weighted by Gasteiger charge is 2.53. The van der Waals surface area contributed by atoms with Crippen molar-refractivity contribution in [1.29, 1.82) is 0 Å². The summed E-state index contributed by atoms with van der Waals surface area (Å²) in [5, 5.41) is 5.98. The van der Waals surface area contributed by atoms with Gasteiger partial charge in [0, 0.05) is 17.9 Å². The lowest BCUT2D eigenvalue weighted by molar-refractivity contribution is -0.0835. The smallest absolute Gasteiger partial charge is 0.120 e. The van der Waals surface area contributed by atoms with Gasteiger partial charge in [0.15, 0.2) is 0 Å². The van der Waals surface area contributed by atoms with Crippen LogP contribution in [-0.4, -0.2) is 19.2 Å². The van der Waals surface area contributed by atoms with Crippen molar-refractivity contribution in [2.45, 2.75) is 45.3 Å². The number of benzene rings is 2. The van der Waals surface area contributed by atoms with E-state index in [-0.39, 0.29) is 5.41 Å². The Balaban J connectivity index is 1.82. The minimum absolute atomic E-state index is 0.278. The van der Waals surface area contributed by atoms with Gasteiger partial charge in [-0.2, -0.15) is 0 Å². The summed E-state index contributed by atoms with van der Waals surface area (Å²) in [5.74, 6) is 1.000. The highest BCUT2D eigenvalue weighted by molar-refractivity contribution is 5.83. The van der Waals surface area contributed by atoms with Crippen LogP contribution in [0.1, 0.15) is 33.1 Å². The molecule has 0 radical (unpaired) electrons. The third-order valence-electron chi connectivity index (χ3n) is 5.45. The summed E-state index contributed by atoms with van der Waals surface area (Å²) in [4.78, 5) is 0. The summed E-state index contributed by atoms with van der Waals surface area (Å²) >= 11 is 0. The van der Waals surface area contributed by atoms with Gasteiger partial charge in [-0.05, 0) is 42.8 Å². The van der Waals surface area contributed by atoms with E-state index in [1.807, 2.05) is 0 Å². The Morgan fingerprint density at radius 3 is 2.48 bits per heavy atom. The molecule has 1 aliphatic rings. The van der Waals surface area contributed by atoms with Gasteiger partial charge < -0.3 is 10.1 Å². The zero-order valence-electron chi connectivity index (χ0n) is 13.2. The zero-order chi connectivity index (χ0) is 14.9. The molecule has 1 aliphatic carbocycles. The normalized spacial score (nSPS) is 23.8. The molecule has 21 heavy (non-hydrogen) atoms. The van der Waals surface area contributed by atoms with Crippen molar-refractivity contribution in [2.24, 2.45) is 5.41 Å². The quantitative estimate of drug-likeness (QED) is 0.879. The van der Waals surface area contributed by atoms with E-state index in [4.69, 9.17) is 4.74 Å². The molecule has 0 aromatic heterocycles. The van der Waals surface area contributed by atoms with E-state index >= 15 is 0 Å². The largest absolute Gasteiger partial charge is 0.490 e. The van der Waals surface area contributed by atoms with Crippen LogP contribution >= 0.6 is 0 Å². The maximum absolute atomic E-state index is 6.35. The van der Waals surface area contributed by atoms with Crippen LogP contribution in [0.3, 0.4) is 0 Å². The molecule has 1 saturated carbocycles. The fraction of sp³-hybridized carbons (Fsp3) is 0.474. The number of hydrogen-bond donors (Lipinski definition) is 1. The molecule has 1 N–H and O–H groups in total. The van der Waals surface area contributed by atoms with Crippen LogP contribution in [0.25, 0.3) is 10.8 Å². The van der Waals surface area contributed by atoms with E-state index in [0.717, 1.165) is 25.0 Å². The van der Waals surface area contributed by atoms with Gasteiger partial charge in [0.2, 0.25) is 0 Å².